The molecule has 0 amide bonds. The van der Waals surface area contributed by atoms with Gasteiger partial charge in [0.1, 0.15) is 0 Å². The lowest BCUT2D eigenvalue weighted by Crippen LogP contribution is -2.39. The number of nitrogens with zero attached hydrogens (tertiary/aromatic N) is 4. The number of fused-ring (bicyclic) bond motifs is 1. The standard InChI is InChI=1S/C19H21N7O2S/c1-29(27,28)11-12-2-4-13(5-3-12)23-18-22-9-7-16(26-18)19(21)8-6-14-15(10-19)25-17(20)24-14/h2-5,7,9-10H,6,8,11,21H2,1H3,(H2,20,25)(H,22,23,26). The Morgan fingerprint density at radius 2 is 1.93 bits per heavy atom. The van der Waals surface area contributed by atoms with Gasteiger partial charge in [-0.25, -0.2) is 28.4 Å². The lowest BCUT2D eigenvalue weighted by molar-refractivity contribution is 0.497. The maximum atomic E-state index is 11.4. The van der Waals surface area contributed by atoms with Crippen LogP contribution in [0.3, 0.4) is 0 Å². The summed E-state index contributed by atoms with van der Waals surface area (Å²) in [5.74, 6) is 0.650. The van der Waals surface area contributed by atoms with Gasteiger partial charge in [0.05, 0.1) is 28.4 Å². The molecule has 2 aromatic rings. The predicted molar refractivity (Wildman–Crippen MR) is 113 cm³/mol. The highest BCUT2D eigenvalue weighted by Gasteiger charge is 2.34. The quantitative estimate of drug-likeness (QED) is 0.672. The van der Waals surface area contributed by atoms with Crippen molar-refractivity contribution >= 4 is 33.1 Å². The fourth-order valence-electron chi connectivity index (χ4n) is 3.35. The van der Waals surface area contributed by atoms with Crippen LogP contribution in [0.4, 0.5) is 11.6 Å². The maximum Gasteiger partial charge on any atom is 0.227 e. The van der Waals surface area contributed by atoms with Crippen LogP contribution in [0.5, 0.6) is 0 Å². The maximum absolute atomic E-state index is 11.4. The number of guanidine groups is 1. The number of hydrogen-bond acceptors (Lipinski definition) is 9. The van der Waals surface area contributed by atoms with Gasteiger partial charge in [0.15, 0.2) is 9.84 Å². The third-order valence-corrected chi connectivity index (χ3v) is 5.58. The van der Waals surface area contributed by atoms with E-state index in [-0.39, 0.29) is 11.7 Å². The van der Waals surface area contributed by atoms with E-state index in [0.29, 0.717) is 30.2 Å². The number of anilines is 2. The Morgan fingerprint density at radius 1 is 1.17 bits per heavy atom. The summed E-state index contributed by atoms with van der Waals surface area (Å²) in [7, 11) is -3.07. The van der Waals surface area contributed by atoms with Gasteiger partial charge in [-0.1, -0.05) is 12.1 Å². The van der Waals surface area contributed by atoms with Crippen LogP contribution < -0.4 is 16.8 Å². The summed E-state index contributed by atoms with van der Waals surface area (Å²) in [5, 5.41) is 3.12. The minimum Gasteiger partial charge on any atom is -0.368 e. The molecule has 2 aliphatic rings. The SMILES string of the molecule is CS(=O)(=O)Cc1ccc(Nc2nccc(C3(N)C=C4N=C(N)N=C4CC3)n2)cc1. The minimum absolute atomic E-state index is 0.00190. The molecule has 1 aromatic carbocycles. The molecule has 1 unspecified atom stereocenters. The summed E-state index contributed by atoms with van der Waals surface area (Å²) in [6.07, 6.45) is 6.00. The Hall–Kier alpha value is -3.11. The van der Waals surface area contributed by atoms with Gasteiger partial charge in [-0.15, -0.1) is 0 Å². The van der Waals surface area contributed by atoms with Crippen LogP contribution in [0.1, 0.15) is 24.1 Å². The number of aromatic nitrogens is 2. The number of sulfone groups is 1. The molecule has 10 heteroatoms. The van der Waals surface area contributed by atoms with Crippen LogP contribution in [0.15, 0.2) is 58.3 Å². The average Bonchev–Trinajstić information content (AvgIpc) is 3.01. The van der Waals surface area contributed by atoms with Crippen molar-refractivity contribution in [3.05, 3.63) is 59.6 Å². The summed E-state index contributed by atoms with van der Waals surface area (Å²) in [6.45, 7) is 0. The molecule has 1 atom stereocenters. The van der Waals surface area contributed by atoms with E-state index in [1.807, 2.05) is 6.08 Å². The van der Waals surface area contributed by atoms with Crippen molar-refractivity contribution in [3.8, 4) is 0 Å². The third kappa shape index (κ3) is 4.33. The van der Waals surface area contributed by atoms with Crippen LogP contribution in [0.25, 0.3) is 0 Å². The van der Waals surface area contributed by atoms with Gasteiger partial charge in [-0.05, 0) is 42.7 Å². The van der Waals surface area contributed by atoms with Gasteiger partial charge in [0.25, 0.3) is 0 Å². The van der Waals surface area contributed by atoms with E-state index in [9.17, 15) is 8.42 Å². The van der Waals surface area contributed by atoms with Crippen molar-refractivity contribution < 1.29 is 8.42 Å². The second kappa shape index (κ2) is 7.05. The molecule has 0 fully saturated rings. The molecule has 1 aliphatic heterocycles. The van der Waals surface area contributed by atoms with Gasteiger partial charge in [0.2, 0.25) is 11.9 Å². The van der Waals surface area contributed by atoms with Gasteiger partial charge in [-0.2, -0.15) is 0 Å². The number of hydrogen-bond donors (Lipinski definition) is 3. The molecule has 0 spiro atoms. The second-order valence-electron chi connectivity index (χ2n) is 7.26. The van der Waals surface area contributed by atoms with E-state index in [2.05, 4.69) is 25.3 Å². The normalized spacial score (nSPS) is 21.1. The monoisotopic (exact) mass is 411 g/mol. The highest BCUT2D eigenvalue weighted by atomic mass is 32.2. The zero-order valence-electron chi connectivity index (χ0n) is 15.8. The largest absolute Gasteiger partial charge is 0.368 e. The fourth-order valence-corrected chi connectivity index (χ4v) is 4.14. The van der Waals surface area contributed by atoms with Gasteiger partial charge in [-0.3, -0.25) is 0 Å². The molecule has 2 heterocycles. The lowest BCUT2D eigenvalue weighted by atomic mass is 9.83. The number of allylic oxidation sites excluding steroid dienone is 1. The first-order chi connectivity index (χ1) is 13.7. The van der Waals surface area contributed by atoms with E-state index >= 15 is 0 Å². The lowest BCUT2D eigenvalue weighted by Gasteiger charge is -2.29. The predicted octanol–water partition coefficient (Wildman–Crippen LogP) is 1.37. The molecular formula is C19H21N7O2S. The van der Waals surface area contributed by atoms with E-state index < -0.39 is 15.4 Å². The van der Waals surface area contributed by atoms with Crippen LogP contribution in [-0.4, -0.2) is 36.3 Å². The number of benzene rings is 1. The molecule has 1 aromatic heterocycles. The average molecular weight is 411 g/mol. The first kappa shape index (κ1) is 19.2. The number of rotatable bonds is 5. The van der Waals surface area contributed by atoms with Crippen molar-refractivity contribution in [1.29, 1.82) is 0 Å². The molecular weight excluding hydrogens is 390 g/mol. The zero-order valence-corrected chi connectivity index (χ0v) is 16.6. The van der Waals surface area contributed by atoms with E-state index in [0.717, 1.165) is 17.0 Å². The molecule has 29 heavy (non-hydrogen) atoms. The molecule has 150 valence electrons. The molecule has 1 aliphatic carbocycles. The molecule has 0 saturated heterocycles. The number of nitrogens with two attached hydrogens (primary N) is 2. The highest BCUT2D eigenvalue weighted by molar-refractivity contribution is 7.89. The summed E-state index contributed by atoms with van der Waals surface area (Å²) < 4.78 is 22.8. The summed E-state index contributed by atoms with van der Waals surface area (Å²) in [4.78, 5) is 17.3. The summed E-state index contributed by atoms with van der Waals surface area (Å²) in [5.41, 5.74) is 15.2. The first-order valence-corrected chi connectivity index (χ1v) is 11.1. The Morgan fingerprint density at radius 3 is 2.66 bits per heavy atom. The van der Waals surface area contributed by atoms with Crippen LogP contribution in [0.2, 0.25) is 0 Å². The Bertz CT molecular complexity index is 1150. The number of aliphatic imine (C=N–C) groups is 2. The van der Waals surface area contributed by atoms with Gasteiger partial charge < -0.3 is 16.8 Å². The smallest absolute Gasteiger partial charge is 0.227 e. The van der Waals surface area contributed by atoms with Crippen molar-refractivity contribution in [3.63, 3.8) is 0 Å². The summed E-state index contributed by atoms with van der Waals surface area (Å²) in [6, 6.07) is 8.87. The molecule has 0 radical (unpaired) electrons. The fraction of sp³-hybridized carbons (Fsp3) is 0.263. The van der Waals surface area contributed by atoms with E-state index in [4.69, 9.17) is 11.5 Å². The minimum atomic E-state index is -3.07. The highest BCUT2D eigenvalue weighted by Crippen LogP contribution is 2.33. The Labute approximate surface area is 168 Å². The van der Waals surface area contributed by atoms with Crippen molar-refractivity contribution in [2.75, 3.05) is 11.6 Å². The van der Waals surface area contributed by atoms with Crippen molar-refractivity contribution in [1.82, 2.24) is 9.97 Å². The molecule has 0 bridgehead atoms. The van der Waals surface area contributed by atoms with Crippen LogP contribution >= 0.6 is 0 Å². The second-order valence-corrected chi connectivity index (χ2v) is 9.40. The van der Waals surface area contributed by atoms with Crippen molar-refractivity contribution in [2.45, 2.75) is 24.1 Å². The molecule has 9 nitrogen and oxygen atoms in total. The summed E-state index contributed by atoms with van der Waals surface area (Å²) >= 11 is 0. The van der Waals surface area contributed by atoms with Crippen molar-refractivity contribution in [2.24, 2.45) is 21.5 Å². The zero-order chi connectivity index (χ0) is 20.6. The Balaban J connectivity index is 1.55. The molecule has 5 N–H and O–H groups in total. The van der Waals surface area contributed by atoms with Crippen LogP contribution in [-0.2, 0) is 21.1 Å². The molecule has 0 saturated carbocycles. The molecule has 4 rings (SSSR count). The van der Waals surface area contributed by atoms with Crippen LogP contribution in [0, 0.1) is 0 Å². The van der Waals surface area contributed by atoms with Gasteiger partial charge >= 0.3 is 0 Å². The van der Waals surface area contributed by atoms with Gasteiger partial charge in [0, 0.05) is 18.1 Å². The first-order valence-electron chi connectivity index (χ1n) is 9.01. The Kier molecular flexibility index (Phi) is 4.67. The third-order valence-electron chi connectivity index (χ3n) is 4.72. The topological polar surface area (TPSA) is 149 Å². The number of nitrogens with one attached hydrogen (secondary N) is 1. The van der Waals surface area contributed by atoms with E-state index in [1.165, 1.54) is 6.26 Å². The van der Waals surface area contributed by atoms with E-state index in [1.54, 1.807) is 36.5 Å².